The van der Waals surface area contributed by atoms with Gasteiger partial charge in [-0.05, 0) is 61.7 Å². The second kappa shape index (κ2) is 7.15. The molecular weight excluding hydrogens is 340 g/mol. The maximum atomic E-state index is 11.5. The van der Waals surface area contributed by atoms with Crippen LogP contribution in [0.1, 0.15) is 28.0 Å². The maximum absolute atomic E-state index is 11.5. The van der Waals surface area contributed by atoms with Gasteiger partial charge in [-0.2, -0.15) is 0 Å². The lowest BCUT2D eigenvalue weighted by molar-refractivity contribution is 0.0685. The molecule has 0 aliphatic heterocycles. The summed E-state index contributed by atoms with van der Waals surface area (Å²) in [6, 6.07) is 9.10. The fourth-order valence-electron chi connectivity index (χ4n) is 2.91. The Morgan fingerprint density at radius 1 is 1.28 bits per heavy atom. The monoisotopic (exact) mass is 358 g/mol. The normalized spacial score (nSPS) is 11.0. The molecule has 0 bridgehead atoms. The summed E-state index contributed by atoms with van der Waals surface area (Å²) in [5, 5.41) is 10.2. The van der Waals surface area contributed by atoms with Gasteiger partial charge in [-0.15, -0.1) is 0 Å². The summed E-state index contributed by atoms with van der Waals surface area (Å²) >= 11 is 6.16. The third kappa shape index (κ3) is 3.61. The molecule has 2 aromatic heterocycles. The van der Waals surface area contributed by atoms with Crippen LogP contribution in [0.4, 0.5) is 0 Å². The number of halogens is 1. The van der Waals surface area contributed by atoms with E-state index < -0.39 is 5.97 Å². The second-order valence-corrected chi connectivity index (χ2v) is 6.35. The average Bonchev–Trinajstić information content (AvgIpc) is 2.95. The van der Waals surface area contributed by atoms with Crippen LogP contribution in [0.2, 0.25) is 5.02 Å². The number of ether oxygens (including phenoxy) is 1. The highest BCUT2D eigenvalue weighted by Gasteiger charge is 2.14. The first kappa shape index (κ1) is 17.3. The molecule has 6 heteroatoms. The molecule has 0 unspecified atom stereocenters. The minimum absolute atomic E-state index is 0.242. The Balaban J connectivity index is 1.69. The fraction of sp³-hybridized carbons (Fsp3) is 0.263. The number of aromatic carboxylic acids is 1. The first-order valence-electron chi connectivity index (χ1n) is 8.04. The predicted molar refractivity (Wildman–Crippen MR) is 97.7 cm³/mol. The lowest BCUT2D eigenvalue weighted by atomic mass is 10.1. The van der Waals surface area contributed by atoms with Crippen LogP contribution in [0.3, 0.4) is 0 Å². The van der Waals surface area contributed by atoms with Crippen LogP contribution < -0.4 is 4.74 Å². The van der Waals surface area contributed by atoms with Gasteiger partial charge in [0.25, 0.3) is 0 Å². The summed E-state index contributed by atoms with van der Waals surface area (Å²) in [5.41, 5.74) is 3.70. The van der Waals surface area contributed by atoms with Crippen molar-refractivity contribution in [2.45, 2.75) is 26.8 Å². The molecule has 5 nitrogen and oxygen atoms in total. The van der Waals surface area contributed by atoms with Gasteiger partial charge in [-0.3, -0.25) is 4.98 Å². The van der Waals surface area contributed by atoms with Crippen LogP contribution >= 0.6 is 11.6 Å². The number of aryl methyl sites for hydroxylation is 3. The number of fused-ring (bicyclic) bond motifs is 1. The standard InChI is InChI=1S/C19H19ClN2O3/c1-12-9-14(10-13(2)18(12)20)25-8-4-7-22-16-5-3-6-21-15(16)11-17(22)19(23)24/h3,5-6,9-11H,4,7-8H2,1-2H3,(H,23,24). The van der Waals surface area contributed by atoms with E-state index in [4.69, 9.17) is 16.3 Å². The third-order valence-corrected chi connectivity index (χ3v) is 4.69. The van der Waals surface area contributed by atoms with E-state index in [0.29, 0.717) is 25.1 Å². The van der Waals surface area contributed by atoms with Crippen LogP contribution in [0, 0.1) is 13.8 Å². The smallest absolute Gasteiger partial charge is 0.352 e. The van der Waals surface area contributed by atoms with Crippen molar-refractivity contribution in [1.29, 1.82) is 0 Å². The van der Waals surface area contributed by atoms with Crippen LogP contribution in [0.25, 0.3) is 11.0 Å². The Kier molecular flexibility index (Phi) is 4.95. The third-order valence-electron chi connectivity index (χ3n) is 4.10. The van der Waals surface area contributed by atoms with E-state index in [1.165, 1.54) is 0 Å². The van der Waals surface area contributed by atoms with Crippen molar-refractivity contribution in [3.8, 4) is 5.75 Å². The number of pyridine rings is 1. The summed E-state index contributed by atoms with van der Waals surface area (Å²) < 4.78 is 7.57. The molecule has 1 aromatic carbocycles. The molecule has 0 fully saturated rings. The van der Waals surface area contributed by atoms with Crippen molar-refractivity contribution in [2.24, 2.45) is 0 Å². The van der Waals surface area contributed by atoms with Gasteiger partial charge in [0.2, 0.25) is 0 Å². The summed E-state index contributed by atoms with van der Waals surface area (Å²) in [7, 11) is 0. The zero-order valence-electron chi connectivity index (χ0n) is 14.1. The number of carboxylic acids is 1. The zero-order chi connectivity index (χ0) is 18.0. The first-order chi connectivity index (χ1) is 12.0. The van der Waals surface area contributed by atoms with Gasteiger partial charge >= 0.3 is 5.97 Å². The molecule has 0 radical (unpaired) electrons. The number of carboxylic acid groups (broad SMARTS) is 1. The second-order valence-electron chi connectivity index (χ2n) is 5.97. The Morgan fingerprint density at radius 2 is 2.00 bits per heavy atom. The number of carbonyl (C=O) groups is 1. The number of rotatable bonds is 6. The summed E-state index contributed by atoms with van der Waals surface area (Å²) in [6.07, 6.45) is 2.34. The highest BCUT2D eigenvalue weighted by atomic mass is 35.5. The molecule has 0 saturated heterocycles. The topological polar surface area (TPSA) is 64.3 Å². The van der Waals surface area contributed by atoms with Gasteiger partial charge in [-0.1, -0.05) is 11.6 Å². The molecule has 0 saturated carbocycles. The number of hydrogen-bond donors (Lipinski definition) is 1. The van der Waals surface area contributed by atoms with Gasteiger partial charge in [0, 0.05) is 17.8 Å². The van der Waals surface area contributed by atoms with Gasteiger partial charge in [-0.25, -0.2) is 4.79 Å². The number of benzene rings is 1. The number of aromatic nitrogens is 2. The molecule has 2 heterocycles. The van der Waals surface area contributed by atoms with E-state index in [-0.39, 0.29) is 5.69 Å². The van der Waals surface area contributed by atoms with E-state index in [1.807, 2.05) is 32.0 Å². The average molecular weight is 359 g/mol. The Morgan fingerprint density at radius 3 is 2.68 bits per heavy atom. The molecule has 0 aliphatic carbocycles. The quantitative estimate of drug-likeness (QED) is 0.660. The Bertz CT molecular complexity index is 911. The molecule has 0 aliphatic rings. The van der Waals surface area contributed by atoms with E-state index in [0.717, 1.165) is 27.4 Å². The highest BCUT2D eigenvalue weighted by molar-refractivity contribution is 6.32. The van der Waals surface area contributed by atoms with E-state index in [1.54, 1.807) is 22.9 Å². The summed E-state index contributed by atoms with van der Waals surface area (Å²) in [6.45, 7) is 4.92. The minimum atomic E-state index is -0.956. The van der Waals surface area contributed by atoms with Crippen molar-refractivity contribution in [2.75, 3.05) is 6.61 Å². The van der Waals surface area contributed by atoms with E-state index in [2.05, 4.69) is 4.98 Å². The van der Waals surface area contributed by atoms with Crippen LogP contribution in [-0.2, 0) is 6.54 Å². The largest absolute Gasteiger partial charge is 0.494 e. The summed E-state index contributed by atoms with van der Waals surface area (Å²) in [4.78, 5) is 15.7. The van der Waals surface area contributed by atoms with Gasteiger partial charge in [0.1, 0.15) is 11.4 Å². The zero-order valence-corrected chi connectivity index (χ0v) is 14.9. The molecule has 3 rings (SSSR count). The van der Waals surface area contributed by atoms with Gasteiger partial charge in [0.15, 0.2) is 0 Å². The molecule has 3 aromatic rings. The van der Waals surface area contributed by atoms with Crippen LogP contribution in [0.15, 0.2) is 36.5 Å². The molecule has 1 N–H and O–H groups in total. The van der Waals surface area contributed by atoms with E-state index >= 15 is 0 Å². The van der Waals surface area contributed by atoms with Crippen molar-refractivity contribution in [3.63, 3.8) is 0 Å². The first-order valence-corrected chi connectivity index (χ1v) is 8.42. The molecule has 0 amide bonds. The van der Waals surface area contributed by atoms with Crippen molar-refractivity contribution in [3.05, 3.63) is 58.4 Å². The van der Waals surface area contributed by atoms with E-state index in [9.17, 15) is 9.90 Å². The molecule has 0 atom stereocenters. The Hall–Kier alpha value is -2.53. The van der Waals surface area contributed by atoms with Gasteiger partial charge < -0.3 is 14.4 Å². The predicted octanol–water partition coefficient (Wildman–Crippen LogP) is 4.47. The minimum Gasteiger partial charge on any atom is -0.494 e. The SMILES string of the molecule is Cc1cc(OCCCn2c(C(=O)O)cc3ncccc32)cc(C)c1Cl. The highest BCUT2D eigenvalue weighted by Crippen LogP contribution is 2.26. The number of nitrogens with zero attached hydrogens (tertiary/aromatic N) is 2. The van der Waals surface area contributed by atoms with Crippen molar-refractivity contribution in [1.82, 2.24) is 9.55 Å². The molecule has 0 spiro atoms. The van der Waals surface area contributed by atoms with Crippen molar-refractivity contribution < 1.29 is 14.6 Å². The molecule has 130 valence electrons. The molecular formula is C19H19ClN2O3. The maximum Gasteiger partial charge on any atom is 0.352 e. The van der Waals surface area contributed by atoms with Gasteiger partial charge in [0.05, 0.1) is 17.6 Å². The Labute approximate surface area is 150 Å². The lowest BCUT2D eigenvalue weighted by Crippen LogP contribution is -2.11. The van der Waals surface area contributed by atoms with Crippen LogP contribution in [-0.4, -0.2) is 27.2 Å². The summed E-state index contributed by atoms with van der Waals surface area (Å²) in [5.74, 6) is -0.181. The van der Waals surface area contributed by atoms with Crippen LogP contribution in [0.5, 0.6) is 5.75 Å². The lowest BCUT2D eigenvalue weighted by Gasteiger charge is -2.11. The number of hydrogen-bond acceptors (Lipinski definition) is 3. The molecule has 25 heavy (non-hydrogen) atoms. The fourth-order valence-corrected chi connectivity index (χ4v) is 3.02. The van der Waals surface area contributed by atoms with Crippen molar-refractivity contribution >= 4 is 28.6 Å².